The van der Waals surface area contributed by atoms with E-state index in [1.807, 2.05) is 21.9 Å². The van der Waals surface area contributed by atoms with Crippen LogP contribution in [0.25, 0.3) is 11.1 Å². The molecule has 0 aliphatic carbocycles. The number of anilines is 2. The van der Waals surface area contributed by atoms with Gasteiger partial charge in [-0.05, 0) is 58.5 Å². The van der Waals surface area contributed by atoms with E-state index in [1.165, 1.54) is 18.3 Å². The van der Waals surface area contributed by atoms with Crippen LogP contribution in [-0.4, -0.2) is 67.8 Å². The fourth-order valence-electron chi connectivity index (χ4n) is 5.83. The SMILES string of the molecule is OC(c1ccc(N2CCN(c3ccc(-c4ccc(C(F)(F)C(O)(Cn5cnnn5)c5ccc(F)cc5F)nc4)cc3)CC2)cc1F)C(F)(F)F. The Balaban J connectivity index is 1.14. The van der Waals surface area contributed by atoms with Gasteiger partial charge in [-0.25, -0.2) is 17.9 Å². The summed E-state index contributed by atoms with van der Waals surface area (Å²) < 4.78 is 114. The third kappa shape index (κ3) is 6.69. The van der Waals surface area contributed by atoms with Gasteiger partial charge in [-0.15, -0.1) is 5.10 Å². The molecule has 6 rings (SSSR count). The zero-order chi connectivity index (χ0) is 35.8. The van der Waals surface area contributed by atoms with Gasteiger partial charge in [0, 0.05) is 66.5 Å². The monoisotopic (exact) mass is 705 g/mol. The molecule has 1 fully saturated rings. The van der Waals surface area contributed by atoms with E-state index in [0.29, 0.717) is 49.1 Å². The number of hydrogen-bond donors (Lipinski definition) is 2. The summed E-state index contributed by atoms with van der Waals surface area (Å²) >= 11 is 0. The van der Waals surface area contributed by atoms with Crippen LogP contribution in [-0.2, 0) is 18.1 Å². The lowest BCUT2D eigenvalue weighted by atomic mass is 9.84. The number of tetrazole rings is 1. The number of aliphatic hydroxyl groups is 2. The van der Waals surface area contributed by atoms with Crippen LogP contribution in [0, 0.1) is 17.5 Å². The van der Waals surface area contributed by atoms with Crippen molar-refractivity contribution in [3.05, 3.63) is 120 Å². The van der Waals surface area contributed by atoms with E-state index in [4.69, 9.17) is 0 Å². The molecule has 0 amide bonds. The summed E-state index contributed by atoms with van der Waals surface area (Å²) in [6.07, 6.45) is -5.77. The van der Waals surface area contributed by atoms with Gasteiger partial charge in [0.05, 0.1) is 6.54 Å². The van der Waals surface area contributed by atoms with Crippen LogP contribution in [0.1, 0.15) is 22.9 Å². The molecule has 0 radical (unpaired) electrons. The summed E-state index contributed by atoms with van der Waals surface area (Å²) in [6, 6.07) is 14.6. The number of pyridine rings is 1. The fourth-order valence-corrected chi connectivity index (χ4v) is 5.83. The molecule has 2 aromatic heterocycles. The van der Waals surface area contributed by atoms with Crippen LogP contribution in [0.4, 0.5) is 46.5 Å². The summed E-state index contributed by atoms with van der Waals surface area (Å²) in [6.45, 7) is 0.889. The van der Waals surface area contributed by atoms with E-state index in [0.717, 1.165) is 47.0 Å². The third-order valence-corrected chi connectivity index (χ3v) is 8.56. The van der Waals surface area contributed by atoms with Gasteiger partial charge < -0.3 is 20.0 Å². The summed E-state index contributed by atoms with van der Waals surface area (Å²) in [5, 5.41) is 31.0. The predicted octanol–water partition coefficient (Wildman–Crippen LogP) is 5.75. The van der Waals surface area contributed by atoms with Crippen LogP contribution in [0.3, 0.4) is 0 Å². The molecule has 17 heteroatoms. The van der Waals surface area contributed by atoms with Crippen molar-refractivity contribution in [1.29, 1.82) is 0 Å². The summed E-state index contributed by atoms with van der Waals surface area (Å²) in [4.78, 5) is 7.75. The van der Waals surface area contributed by atoms with Gasteiger partial charge in [0.25, 0.3) is 0 Å². The van der Waals surface area contributed by atoms with E-state index < -0.39 is 64.6 Å². The van der Waals surface area contributed by atoms with Crippen molar-refractivity contribution in [3.8, 4) is 11.1 Å². The molecule has 2 atom stereocenters. The first-order valence-corrected chi connectivity index (χ1v) is 15.0. The first kappa shape index (κ1) is 34.7. The Bertz CT molecular complexity index is 1940. The van der Waals surface area contributed by atoms with Crippen LogP contribution < -0.4 is 9.80 Å². The van der Waals surface area contributed by atoms with Crippen molar-refractivity contribution >= 4 is 11.4 Å². The Kier molecular flexibility index (Phi) is 9.21. The van der Waals surface area contributed by atoms with E-state index in [9.17, 15) is 36.6 Å². The Hall–Kier alpha value is -5.16. The van der Waals surface area contributed by atoms with Gasteiger partial charge in [0.15, 0.2) is 11.7 Å². The lowest BCUT2D eigenvalue weighted by molar-refractivity contribution is -0.207. The molecule has 1 saturated heterocycles. The Morgan fingerprint density at radius 2 is 1.38 bits per heavy atom. The average molecular weight is 706 g/mol. The molecule has 2 unspecified atom stereocenters. The fraction of sp³-hybridized carbons (Fsp3) is 0.273. The number of aromatic nitrogens is 5. The molecule has 1 aliphatic rings. The second kappa shape index (κ2) is 13.3. The Morgan fingerprint density at radius 3 is 1.94 bits per heavy atom. The maximum atomic E-state index is 16.1. The second-order valence-corrected chi connectivity index (χ2v) is 11.7. The second-order valence-electron chi connectivity index (χ2n) is 11.7. The molecule has 5 aromatic rings. The molecular formula is C33H27F8N7O2. The van der Waals surface area contributed by atoms with Crippen LogP contribution in [0.15, 0.2) is 85.3 Å². The Labute approximate surface area is 279 Å². The van der Waals surface area contributed by atoms with E-state index >= 15 is 8.78 Å². The number of benzene rings is 3. The molecule has 3 aromatic carbocycles. The van der Waals surface area contributed by atoms with Crippen molar-refractivity contribution in [3.63, 3.8) is 0 Å². The average Bonchev–Trinajstić information content (AvgIpc) is 3.60. The van der Waals surface area contributed by atoms with E-state index in [-0.39, 0.29) is 0 Å². The molecule has 2 N–H and O–H groups in total. The van der Waals surface area contributed by atoms with Crippen molar-refractivity contribution in [1.82, 2.24) is 25.2 Å². The maximum absolute atomic E-state index is 16.1. The molecule has 0 bridgehead atoms. The number of halogens is 8. The molecule has 262 valence electrons. The van der Waals surface area contributed by atoms with Crippen molar-refractivity contribution in [2.24, 2.45) is 0 Å². The maximum Gasteiger partial charge on any atom is 0.418 e. The van der Waals surface area contributed by atoms with Crippen LogP contribution in [0.2, 0.25) is 0 Å². The summed E-state index contributed by atoms with van der Waals surface area (Å²) in [7, 11) is 0. The molecule has 1 aliphatic heterocycles. The number of alkyl halides is 5. The highest BCUT2D eigenvalue weighted by Gasteiger charge is 2.58. The van der Waals surface area contributed by atoms with Crippen molar-refractivity contribution in [2.75, 3.05) is 36.0 Å². The van der Waals surface area contributed by atoms with Crippen molar-refractivity contribution in [2.45, 2.75) is 30.3 Å². The lowest BCUT2D eigenvalue weighted by Gasteiger charge is -2.37. The van der Waals surface area contributed by atoms with Crippen LogP contribution >= 0.6 is 0 Å². The Morgan fingerprint density at radius 1 is 0.740 bits per heavy atom. The number of piperazine rings is 1. The lowest BCUT2D eigenvalue weighted by Crippen LogP contribution is -2.48. The molecule has 50 heavy (non-hydrogen) atoms. The van der Waals surface area contributed by atoms with Crippen LogP contribution in [0.5, 0.6) is 0 Å². The first-order chi connectivity index (χ1) is 23.7. The summed E-state index contributed by atoms with van der Waals surface area (Å²) in [5.41, 5.74) is -3.59. The minimum atomic E-state index is -4.99. The standard InChI is InChI=1S/C33H27F8N7O2/c34-22-4-9-26(28(36)15-22)31(50,18-48-19-43-44-45-48)32(37,38)29-10-3-21(17-42-29)20-1-5-23(6-2-20)46-11-13-47(14-12-46)24-7-8-25(27(35)16-24)30(49)33(39,40)41/h1-10,15-17,19,30,49-50H,11-14,18H2. The highest BCUT2D eigenvalue weighted by Crippen LogP contribution is 2.47. The minimum absolute atomic E-state index is 0.382. The van der Waals surface area contributed by atoms with E-state index in [1.54, 1.807) is 12.1 Å². The van der Waals surface area contributed by atoms with Gasteiger partial charge in [-0.3, -0.25) is 4.98 Å². The van der Waals surface area contributed by atoms with Gasteiger partial charge in [0.2, 0.25) is 0 Å². The largest absolute Gasteiger partial charge is 0.418 e. The molecule has 3 heterocycles. The summed E-state index contributed by atoms with van der Waals surface area (Å²) in [5.74, 6) is -7.78. The van der Waals surface area contributed by atoms with Gasteiger partial charge in [-0.2, -0.15) is 22.0 Å². The highest BCUT2D eigenvalue weighted by molar-refractivity contribution is 5.66. The number of rotatable bonds is 9. The normalized spacial score (nSPS) is 16.0. The van der Waals surface area contributed by atoms with Gasteiger partial charge in [0.1, 0.15) is 29.5 Å². The molecular weight excluding hydrogens is 678 g/mol. The smallest absolute Gasteiger partial charge is 0.379 e. The quantitative estimate of drug-likeness (QED) is 0.187. The minimum Gasteiger partial charge on any atom is -0.379 e. The number of hydrogen-bond acceptors (Lipinski definition) is 8. The number of aliphatic hydroxyl groups excluding tert-OH is 1. The first-order valence-electron chi connectivity index (χ1n) is 15.0. The number of nitrogens with zero attached hydrogens (tertiary/aromatic N) is 7. The zero-order valence-electron chi connectivity index (χ0n) is 25.7. The van der Waals surface area contributed by atoms with Crippen molar-refractivity contribution < 1.29 is 45.3 Å². The zero-order valence-corrected chi connectivity index (χ0v) is 25.7. The molecule has 9 nitrogen and oxygen atoms in total. The van der Waals surface area contributed by atoms with Gasteiger partial charge in [-0.1, -0.05) is 24.3 Å². The molecule has 0 saturated carbocycles. The predicted molar refractivity (Wildman–Crippen MR) is 163 cm³/mol. The highest BCUT2D eigenvalue weighted by atomic mass is 19.4. The van der Waals surface area contributed by atoms with E-state index in [2.05, 4.69) is 20.5 Å². The topological polar surface area (TPSA) is 103 Å². The van der Waals surface area contributed by atoms with Gasteiger partial charge >= 0.3 is 12.1 Å². The third-order valence-electron chi connectivity index (χ3n) is 8.56. The molecule has 0 spiro atoms.